The van der Waals surface area contributed by atoms with E-state index in [2.05, 4.69) is 42.6 Å². The summed E-state index contributed by atoms with van der Waals surface area (Å²) in [5.74, 6) is 0.0579. The molecule has 19 heavy (non-hydrogen) atoms. The normalized spacial score (nSPS) is 17.2. The molecule has 1 aliphatic rings. The Morgan fingerprint density at radius 1 is 1.11 bits per heavy atom. The second kappa shape index (κ2) is 4.54. The van der Waals surface area contributed by atoms with Crippen molar-refractivity contribution >= 4 is 11.6 Å². The summed E-state index contributed by atoms with van der Waals surface area (Å²) in [7, 11) is 0. The number of benzene rings is 2. The maximum atomic E-state index is 12.2. The predicted molar refractivity (Wildman–Crippen MR) is 77.4 cm³/mol. The number of carbonyl (C=O) groups is 1. The number of anilines is 1. The van der Waals surface area contributed by atoms with Crippen LogP contribution in [-0.2, 0) is 11.2 Å². The van der Waals surface area contributed by atoms with Crippen molar-refractivity contribution in [3.8, 4) is 0 Å². The van der Waals surface area contributed by atoms with Crippen LogP contribution in [0.3, 0.4) is 0 Å². The number of amides is 1. The number of rotatable bonds is 2. The third-order valence-electron chi connectivity index (χ3n) is 3.77. The van der Waals surface area contributed by atoms with Gasteiger partial charge in [-0.3, -0.25) is 4.79 Å². The molecule has 0 fully saturated rings. The van der Waals surface area contributed by atoms with E-state index in [1.807, 2.05) is 19.1 Å². The second-order valence-electron chi connectivity index (χ2n) is 5.27. The van der Waals surface area contributed by atoms with E-state index >= 15 is 0 Å². The molecule has 1 aliphatic heterocycles. The molecule has 1 heterocycles. The van der Waals surface area contributed by atoms with Crippen LogP contribution in [0.25, 0.3) is 0 Å². The van der Waals surface area contributed by atoms with Crippen LogP contribution in [0.1, 0.15) is 28.2 Å². The van der Waals surface area contributed by atoms with Crippen LogP contribution >= 0.6 is 0 Å². The lowest BCUT2D eigenvalue weighted by Crippen LogP contribution is -2.14. The van der Waals surface area contributed by atoms with Gasteiger partial charge in [-0.05, 0) is 37.0 Å². The van der Waals surface area contributed by atoms with E-state index in [-0.39, 0.29) is 11.8 Å². The van der Waals surface area contributed by atoms with Crippen molar-refractivity contribution in [1.82, 2.24) is 0 Å². The topological polar surface area (TPSA) is 29.1 Å². The van der Waals surface area contributed by atoms with E-state index in [1.165, 1.54) is 11.1 Å². The summed E-state index contributed by atoms with van der Waals surface area (Å²) in [6.07, 6.45) is 0.768. The fraction of sp³-hybridized carbons (Fsp3) is 0.235. The van der Waals surface area contributed by atoms with Crippen molar-refractivity contribution in [2.75, 3.05) is 5.32 Å². The van der Waals surface area contributed by atoms with Gasteiger partial charge in [0, 0.05) is 5.69 Å². The highest BCUT2D eigenvalue weighted by Gasteiger charge is 2.31. The molecule has 0 aliphatic carbocycles. The van der Waals surface area contributed by atoms with Gasteiger partial charge in [0.15, 0.2) is 0 Å². The van der Waals surface area contributed by atoms with Crippen LogP contribution in [0.2, 0.25) is 0 Å². The smallest absolute Gasteiger partial charge is 0.232 e. The first-order valence-corrected chi connectivity index (χ1v) is 6.61. The van der Waals surface area contributed by atoms with Gasteiger partial charge in [0.1, 0.15) is 0 Å². The molecular weight excluding hydrogens is 234 g/mol. The summed E-state index contributed by atoms with van der Waals surface area (Å²) >= 11 is 0. The molecule has 2 aromatic rings. The quantitative estimate of drug-likeness (QED) is 0.868. The number of fused-ring (bicyclic) bond motifs is 1. The minimum atomic E-state index is -0.0586. The van der Waals surface area contributed by atoms with Gasteiger partial charge in [0.25, 0.3) is 0 Å². The van der Waals surface area contributed by atoms with Gasteiger partial charge in [0.2, 0.25) is 5.91 Å². The summed E-state index contributed by atoms with van der Waals surface area (Å²) in [6.45, 7) is 4.12. The first-order valence-electron chi connectivity index (χ1n) is 6.61. The van der Waals surface area contributed by atoms with Crippen molar-refractivity contribution < 1.29 is 4.79 Å². The summed E-state index contributed by atoms with van der Waals surface area (Å²) in [5, 5.41) is 3.01. The lowest BCUT2D eigenvalue weighted by Gasteiger charge is -2.09. The zero-order chi connectivity index (χ0) is 13.4. The van der Waals surface area contributed by atoms with Gasteiger partial charge >= 0.3 is 0 Å². The second-order valence-corrected chi connectivity index (χ2v) is 5.27. The number of hydrogen-bond donors (Lipinski definition) is 1. The molecule has 0 bridgehead atoms. The minimum Gasteiger partial charge on any atom is -0.325 e. The van der Waals surface area contributed by atoms with Gasteiger partial charge in [-0.1, -0.05) is 48.0 Å². The van der Waals surface area contributed by atoms with Crippen LogP contribution in [0, 0.1) is 13.8 Å². The lowest BCUT2D eigenvalue weighted by atomic mass is 9.92. The first kappa shape index (κ1) is 12.0. The van der Waals surface area contributed by atoms with Gasteiger partial charge < -0.3 is 5.32 Å². The maximum Gasteiger partial charge on any atom is 0.232 e. The summed E-state index contributed by atoms with van der Waals surface area (Å²) < 4.78 is 0. The average Bonchev–Trinajstić information content (AvgIpc) is 2.69. The molecule has 1 amide bonds. The van der Waals surface area contributed by atoms with E-state index in [4.69, 9.17) is 0 Å². The average molecular weight is 251 g/mol. The monoisotopic (exact) mass is 251 g/mol. The van der Waals surface area contributed by atoms with Crippen LogP contribution in [0.5, 0.6) is 0 Å². The predicted octanol–water partition coefficient (Wildman–Crippen LogP) is 3.58. The highest BCUT2D eigenvalue weighted by molar-refractivity contribution is 6.03. The van der Waals surface area contributed by atoms with Crippen LogP contribution in [0.4, 0.5) is 5.69 Å². The summed E-state index contributed by atoms with van der Waals surface area (Å²) in [5.41, 5.74) is 5.73. The fourth-order valence-electron chi connectivity index (χ4n) is 2.78. The van der Waals surface area contributed by atoms with Crippen LogP contribution in [-0.4, -0.2) is 5.91 Å². The van der Waals surface area contributed by atoms with Gasteiger partial charge in [-0.2, -0.15) is 0 Å². The zero-order valence-corrected chi connectivity index (χ0v) is 11.2. The Balaban J connectivity index is 1.95. The Morgan fingerprint density at radius 2 is 1.89 bits per heavy atom. The Labute approximate surface area is 113 Å². The Hall–Kier alpha value is -2.09. The fourth-order valence-corrected chi connectivity index (χ4v) is 2.78. The SMILES string of the molecule is Cc1cccc(CC2C(=O)Nc3c(C)cccc32)c1. The highest BCUT2D eigenvalue weighted by atomic mass is 16.2. The molecular formula is C17H17NO. The molecule has 1 N–H and O–H groups in total. The van der Waals surface area contributed by atoms with E-state index in [0.29, 0.717) is 0 Å². The van der Waals surface area contributed by atoms with E-state index in [9.17, 15) is 4.79 Å². The van der Waals surface area contributed by atoms with Gasteiger partial charge in [-0.15, -0.1) is 0 Å². The molecule has 0 radical (unpaired) electrons. The van der Waals surface area contributed by atoms with Crippen molar-refractivity contribution in [1.29, 1.82) is 0 Å². The third-order valence-corrected chi connectivity index (χ3v) is 3.77. The molecule has 3 rings (SSSR count). The molecule has 1 unspecified atom stereocenters. The van der Waals surface area contributed by atoms with Crippen molar-refractivity contribution in [3.05, 3.63) is 64.7 Å². The third kappa shape index (κ3) is 2.14. The molecule has 2 heteroatoms. The summed E-state index contributed by atoms with van der Waals surface area (Å²) in [6, 6.07) is 14.5. The number of nitrogens with one attached hydrogen (secondary N) is 1. The Kier molecular flexibility index (Phi) is 2.86. The van der Waals surface area contributed by atoms with Crippen molar-refractivity contribution in [2.24, 2.45) is 0 Å². The lowest BCUT2D eigenvalue weighted by molar-refractivity contribution is -0.117. The number of para-hydroxylation sites is 1. The first-order chi connectivity index (χ1) is 9.15. The molecule has 0 spiro atoms. The largest absolute Gasteiger partial charge is 0.325 e. The summed E-state index contributed by atoms with van der Waals surface area (Å²) in [4.78, 5) is 12.2. The molecule has 2 nitrogen and oxygen atoms in total. The zero-order valence-electron chi connectivity index (χ0n) is 11.2. The van der Waals surface area contributed by atoms with E-state index in [1.54, 1.807) is 0 Å². The van der Waals surface area contributed by atoms with Crippen LogP contribution in [0.15, 0.2) is 42.5 Å². The molecule has 0 saturated heterocycles. The molecule has 0 aromatic heterocycles. The number of aryl methyl sites for hydroxylation is 2. The Morgan fingerprint density at radius 3 is 2.68 bits per heavy atom. The van der Waals surface area contributed by atoms with E-state index in [0.717, 1.165) is 23.2 Å². The highest BCUT2D eigenvalue weighted by Crippen LogP contribution is 2.36. The molecule has 96 valence electrons. The number of carbonyl (C=O) groups excluding carboxylic acids is 1. The van der Waals surface area contributed by atoms with E-state index < -0.39 is 0 Å². The molecule has 2 aromatic carbocycles. The molecule has 0 saturated carbocycles. The van der Waals surface area contributed by atoms with Gasteiger partial charge in [0.05, 0.1) is 5.92 Å². The minimum absolute atomic E-state index is 0.0586. The number of hydrogen-bond acceptors (Lipinski definition) is 1. The standard InChI is InChI=1S/C17H17NO/c1-11-5-3-7-13(9-11)10-15-14-8-4-6-12(2)16(14)18-17(15)19/h3-9,15H,10H2,1-2H3,(H,18,19). The van der Waals surface area contributed by atoms with Gasteiger partial charge in [-0.25, -0.2) is 0 Å². The van der Waals surface area contributed by atoms with Crippen LogP contribution < -0.4 is 5.32 Å². The maximum absolute atomic E-state index is 12.2. The Bertz CT molecular complexity index is 645. The van der Waals surface area contributed by atoms with Crippen molar-refractivity contribution in [2.45, 2.75) is 26.2 Å². The molecule has 1 atom stereocenters. The van der Waals surface area contributed by atoms with Crippen molar-refractivity contribution in [3.63, 3.8) is 0 Å².